The SMILES string of the molecule is CC(C)c1ccccc1N(CC(=O)NN)S(=O)(=O)c1ccc(Cl)c(Cl)c1. The molecule has 0 aliphatic heterocycles. The molecule has 0 aliphatic rings. The molecule has 2 aromatic rings. The first-order valence-electron chi connectivity index (χ1n) is 7.74. The van der Waals surface area contributed by atoms with E-state index in [1.54, 1.807) is 12.1 Å². The molecule has 0 fully saturated rings. The van der Waals surface area contributed by atoms with Gasteiger partial charge in [0.05, 0.1) is 20.6 Å². The molecule has 0 radical (unpaired) electrons. The van der Waals surface area contributed by atoms with Crippen LogP contribution in [-0.4, -0.2) is 20.9 Å². The molecule has 0 aliphatic carbocycles. The highest BCUT2D eigenvalue weighted by molar-refractivity contribution is 7.92. The zero-order valence-corrected chi connectivity index (χ0v) is 16.6. The maximum atomic E-state index is 13.2. The lowest BCUT2D eigenvalue weighted by Crippen LogP contribution is -2.43. The quantitative estimate of drug-likeness (QED) is 0.429. The van der Waals surface area contributed by atoms with E-state index < -0.39 is 22.5 Å². The van der Waals surface area contributed by atoms with Gasteiger partial charge in [0.2, 0.25) is 0 Å². The van der Waals surface area contributed by atoms with E-state index in [1.807, 2.05) is 31.4 Å². The fraction of sp³-hybridized carbons (Fsp3) is 0.235. The molecule has 9 heteroatoms. The second-order valence-corrected chi connectivity index (χ2v) is 8.55. The van der Waals surface area contributed by atoms with Gasteiger partial charge in [-0.3, -0.25) is 14.5 Å². The Kier molecular flexibility index (Phi) is 6.52. The van der Waals surface area contributed by atoms with Crippen molar-refractivity contribution in [1.29, 1.82) is 0 Å². The van der Waals surface area contributed by atoms with Gasteiger partial charge < -0.3 is 0 Å². The van der Waals surface area contributed by atoms with Crippen LogP contribution >= 0.6 is 23.2 Å². The van der Waals surface area contributed by atoms with Crippen LogP contribution in [0.2, 0.25) is 10.0 Å². The lowest BCUT2D eigenvalue weighted by Gasteiger charge is -2.27. The first-order valence-corrected chi connectivity index (χ1v) is 9.94. The summed E-state index contributed by atoms with van der Waals surface area (Å²) in [4.78, 5) is 11.8. The van der Waals surface area contributed by atoms with E-state index in [4.69, 9.17) is 29.0 Å². The third-order valence-corrected chi connectivity index (χ3v) is 6.25. The van der Waals surface area contributed by atoms with E-state index in [-0.39, 0.29) is 20.9 Å². The molecule has 26 heavy (non-hydrogen) atoms. The summed E-state index contributed by atoms with van der Waals surface area (Å²) in [6.07, 6.45) is 0. The number of hydrogen-bond donors (Lipinski definition) is 2. The van der Waals surface area contributed by atoms with Crippen molar-refractivity contribution in [2.75, 3.05) is 10.8 Å². The van der Waals surface area contributed by atoms with Crippen molar-refractivity contribution in [3.05, 3.63) is 58.1 Å². The van der Waals surface area contributed by atoms with Gasteiger partial charge in [-0.2, -0.15) is 0 Å². The molecule has 2 rings (SSSR count). The lowest BCUT2D eigenvalue weighted by atomic mass is 10.0. The molecule has 0 aromatic heterocycles. The average Bonchev–Trinajstić information content (AvgIpc) is 2.61. The van der Waals surface area contributed by atoms with Gasteiger partial charge in [-0.25, -0.2) is 14.3 Å². The maximum absolute atomic E-state index is 13.2. The van der Waals surface area contributed by atoms with Crippen LogP contribution in [0.25, 0.3) is 0 Å². The number of nitrogens with one attached hydrogen (secondary N) is 1. The number of carbonyl (C=O) groups excluding carboxylic acids is 1. The number of carbonyl (C=O) groups is 1. The topological polar surface area (TPSA) is 92.5 Å². The number of rotatable bonds is 6. The Morgan fingerprint density at radius 1 is 1.15 bits per heavy atom. The molecule has 140 valence electrons. The average molecular weight is 416 g/mol. The molecule has 0 heterocycles. The highest BCUT2D eigenvalue weighted by Crippen LogP contribution is 2.33. The fourth-order valence-corrected chi connectivity index (χ4v) is 4.28. The summed E-state index contributed by atoms with van der Waals surface area (Å²) in [6, 6.07) is 11.0. The van der Waals surface area contributed by atoms with Crippen LogP contribution in [0.15, 0.2) is 47.4 Å². The minimum Gasteiger partial charge on any atom is -0.293 e. The van der Waals surface area contributed by atoms with Crippen molar-refractivity contribution in [1.82, 2.24) is 5.43 Å². The van der Waals surface area contributed by atoms with Crippen LogP contribution in [-0.2, 0) is 14.8 Å². The molecule has 0 saturated carbocycles. The van der Waals surface area contributed by atoms with E-state index in [0.717, 1.165) is 9.87 Å². The van der Waals surface area contributed by atoms with Crippen LogP contribution in [0.5, 0.6) is 0 Å². The number of hydrazine groups is 1. The number of sulfonamides is 1. The first-order chi connectivity index (χ1) is 12.2. The van der Waals surface area contributed by atoms with E-state index in [9.17, 15) is 13.2 Å². The molecule has 2 aromatic carbocycles. The Bertz CT molecular complexity index is 917. The first kappa shape index (κ1) is 20.5. The maximum Gasteiger partial charge on any atom is 0.264 e. The Morgan fingerprint density at radius 3 is 2.38 bits per heavy atom. The molecule has 0 saturated heterocycles. The van der Waals surface area contributed by atoms with Gasteiger partial charge in [0.1, 0.15) is 6.54 Å². The summed E-state index contributed by atoms with van der Waals surface area (Å²) >= 11 is 11.9. The van der Waals surface area contributed by atoms with Gasteiger partial charge in [-0.05, 0) is 35.7 Å². The smallest absolute Gasteiger partial charge is 0.264 e. The number of amides is 1. The predicted molar refractivity (Wildman–Crippen MR) is 104 cm³/mol. The molecule has 0 spiro atoms. The van der Waals surface area contributed by atoms with Gasteiger partial charge in [-0.1, -0.05) is 55.2 Å². The summed E-state index contributed by atoms with van der Waals surface area (Å²) in [5.41, 5.74) is 3.14. The Morgan fingerprint density at radius 2 is 1.81 bits per heavy atom. The highest BCUT2D eigenvalue weighted by atomic mass is 35.5. The highest BCUT2D eigenvalue weighted by Gasteiger charge is 2.29. The summed E-state index contributed by atoms with van der Waals surface area (Å²) in [5, 5.41) is 0.340. The van der Waals surface area contributed by atoms with Crippen LogP contribution in [0, 0.1) is 0 Å². The van der Waals surface area contributed by atoms with Crippen LogP contribution in [0.1, 0.15) is 25.3 Å². The number of halogens is 2. The summed E-state index contributed by atoms with van der Waals surface area (Å²) in [5.74, 6) is 4.56. The van der Waals surface area contributed by atoms with Crippen LogP contribution in [0.4, 0.5) is 5.69 Å². The van der Waals surface area contributed by atoms with E-state index in [0.29, 0.717) is 5.69 Å². The fourth-order valence-electron chi connectivity index (χ4n) is 2.44. The predicted octanol–water partition coefficient (Wildman–Crippen LogP) is 3.30. The number of benzene rings is 2. The number of nitrogens with two attached hydrogens (primary N) is 1. The molecule has 0 bridgehead atoms. The van der Waals surface area contributed by atoms with Gasteiger partial charge in [0.15, 0.2) is 0 Å². The van der Waals surface area contributed by atoms with Crippen molar-refractivity contribution in [2.24, 2.45) is 5.84 Å². The van der Waals surface area contributed by atoms with Crippen LogP contribution in [0.3, 0.4) is 0 Å². The second kappa shape index (κ2) is 8.26. The summed E-state index contributed by atoms with van der Waals surface area (Å²) < 4.78 is 27.5. The van der Waals surface area contributed by atoms with Crippen molar-refractivity contribution in [3.8, 4) is 0 Å². The summed E-state index contributed by atoms with van der Waals surface area (Å²) in [6.45, 7) is 3.40. The van der Waals surface area contributed by atoms with Crippen molar-refractivity contribution >= 4 is 44.8 Å². The third kappa shape index (κ3) is 4.29. The monoisotopic (exact) mass is 415 g/mol. The molecule has 3 N–H and O–H groups in total. The zero-order valence-electron chi connectivity index (χ0n) is 14.2. The van der Waals surface area contributed by atoms with Gasteiger partial charge >= 0.3 is 0 Å². The Balaban J connectivity index is 2.65. The molecule has 6 nitrogen and oxygen atoms in total. The Hall–Kier alpha value is -1.80. The molecular weight excluding hydrogens is 397 g/mol. The summed E-state index contributed by atoms with van der Waals surface area (Å²) in [7, 11) is -4.08. The molecule has 0 atom stereocenters. The number of nitrogens with zero attached hydrogens (tertiary/aromatic N) is 1. The third-order valence-electron chi connectivity index (χ3n) is 3.75. The van der Waals surface area contributed by atoms with Crippen molar-refractivity contribution < 1.29 is 13.2 Å². The normalized spacial score (nSPS) is 11.5. The molecular formula is C17H19Cl2N3O3S. The lowest BCUT2D eigenvalue weighted by molar-refractivity contribution is -0.119. The van der Waals surface area contributed by atoms with Crippen molar-refractivity contribution in [2.45, 2.75) is 24.7 Å². The minimum absolute atomic E-state index is 0.0404. The van der Waals surface area contributed by atoms with E-state index >= 15 is 0 Å². The largest absolute Gasteiger partial charge is 0.293 e. The van der Waals surface area contributed by atoms with E-state index in [2.05, 4.69) is 0 Å². The molecule has 1 amide bonds. The standard InChI is InChI=1S/C17H19Cl2N3O3S/c1-11(2)13-5-3-4-6-16(13)22(10-17(23)21-20)26(24,25)12-7-8-14(18)15(19)9-12/h3-9,11H,10,20H2,1-2H3,(H,21,23). The second-order valence-electron chi connectivity index (χ2n) is 5.87. The van der Waals surface area contributed by atoms with Crippen molar-refractivity contribution in [3.63, 3.8) is 0 Å². The number of anilines is 1. The van der Waals surface area contributed by atoms with E-state index in [1.165, 1.54) is 18.2 Å². The number of hydrogen-bond acceptors (Lipinski definition) is 4. The zero-order chi connectivity index (χ0) is 19.5. The van der Waals surface area contributed by atoms with Crippen LogP contribution < -0.4 is 15.6 Å². The van der Waals surface area contributed by atoms with Gasteiger partial charge in [0.25, 0.3) is 15.9 Å². The molecule has 0 unspecified atom stereocenters. The Labute approximate surface area is 162 Å². The van der Waals surface area contributed by atoms with Gasteiger partial charge in [0, 0.05) is 0 Å². The van der Waals surface area contributed by atoms with Gasteiger partial charge in [-0.15, -0.1) is 0 Å². The minimum atomic E-state index is -4.08. The number of para-hydroxylation sites is 1.